The van der Waals surface area contributed by atoms with Gasteiger partial charge in [-0.1, -0.05) is 12.8 Å². The van der Waals surface area contributed by atoms with Crippen molar-refractivity contribution in [1.82, 2.24) is 9.80 Å². The van der Waals surface area contributed by atoms with Crippen molar-refractivity contribution in [2.75, 3.05) is 26.2 Å². The van der Waals surface area contributed by atoms with Gasteiger partial charge in [-0.05, 0) is 72.3 Å². The standard InChI is InChI=1S/C21H39F3N2O/c1-16(2)26-14-13-25(20(15-26)21(22,23)24)12-6-5-7-18-8-10-19(11-9-18)27-17(3)4/h16-20H,5-15H2,1-4H3/t18?,19?,20-/m0/s1. The highest BCUT2D eigenvalue weighted by Crippen LogP contribution is 2.31. The number of hydrogen-bond donors (Lipinski definition) is 0. The maximum Gasteiger partial charge on any atom is 0.405 e. The largest absolute Gasteiger partial charge is 0.405 e. The number of halogens is 3. The molecule has 1 saturated carbocycles. The molecule has 2 aliphatic rings. The van der Waals surface area contributed by atoms with Crippen LogP contribution in [0, 0.1) is 5.92 Å². The highest BCUT2D eigenvalue weighted by Gasteiger charge is 2.46. The number of unbranched alkanes of at least 4 members (excludes halogenated alkanes) is 1. The van der Waals surface area contributed by atoms with Gasteiger partial charge in [0.1, 0.15) is 6.04 Å². The second-order valence-corrected chi connectivity index (χ2v) is 9.01. The first kappa shape index (κ1) is 23.0. The summed E-state index contributed by atoms with van der Waals surface area (Å²) in [7, 11) is 0. The summed E-state index contributed by atoms with van der Waals surface area (Å²) < 4.78 is 46.3. The molecule has 160 valence electrons. The van der Waals surface area contributed by atoms with E-state index >= 15 is 0 Å². The average Bonchev–Trinajstić information content (AvgIpc) is 2.58. The third-order valence-electron chi connectivity index (χ3n) is 6.20. The SMILES string of the molecule is CC(C)OC1CCC(CCCCN2CCN(C(C)C)C[C@H]2C(F)(F)F)CC1. The maximum atomic E-state index is 13.5. The molecule has 0 unspecified atom stereocenters. The van der Waals surface area contributed by atoms with Gasteiger partial charge >= 0.3 is 6.18 Å². The fraction of sp³-hybridized carbons (Fsp3) is 1.00. The summed E-state index contributed by atoms with van der Waals surface area (Å²) in [5, 5.41) is 0. The van der Waals surface area contributed by atoms with E-state index in [1.165, 1.54) is 12.8 Å². The molecule has 0 N–H and O–H groups in total. The molecule has 0 spiro atoms. The predicted octanol–water partition coefficient (Wildman–Crippen LogP) is 5.10. The van der Waals surface area contributed by atoms with Crippen molar-refractivity contribution < 1.29 is 17.9 Å². The second kappa shape index (κ2) is 10.4. The topological polar surface area (TPSA) is 15.7 Å². The molecule has 0 aromatic heterocycles. The van der Waals surface area contributed by atoms with Gasteiger partial charge in [0.15, 0.2) is 0 Å². The molecule has 0 aromatic rings. The van der Waals surface area contributed by atoms with E-state index < -0.39 is 12.2 Å². The summed E-state index contributed by atoms with van der Waals surface area (Å²) in [5.41, 5.74) is 0. The summed E-state index contributed by atoms with van der Waals surface area (Å²) >= 11 is 0. The minimum absolute atomic E-state index is 0.112. The molecule has 27 heavy (non-hydrogen) atoms. The Bertz CT molecular complexity index is 420. The van der Waals surface area contributed by atoms with E-state index in [0.717, 1.165) is 44.6 Å². The zero-order valence-electron chi connectivity index (χ0n) is 17.6. The highest BCUT2D eigenvalue weighted by molar-refractivity contribution is 4.88. The number of alkyl halides is 3. The van der Waals surface area contributed by atoms with Gasteiger partial charge in [0.25, 0.3) is 0 Å². The van der Waals surface area contributed by atoms with Crippen LogP contribution in [0.1, 0.15) is 72.6 Å². The molecular weight excluding hydrogens is 353 g/mol. The van der Waals surface area contributed by atoms with Crippen LogP contribution in [0.25, 0.3) is 0 Å². The Balaban J connectivity index is 1.68. The molecule has 2 rings (SSSR count). The summed E-state index contributed by atoms with van der Waals surface area (Å²) in [4.78, 5) is 3.62. The molecule has 0 aromatic carbocycles. The van der Waals surface area contributed by atoms with Gasteiger partial charge in [0.2, 0.25) is 0 Å². The van der Waals surface area contributed by atoms with E-state index in [9.17, 15) is 13.2 Å². The molecule has 1 saturated heterocycles. The summed E-state index contributed by atoms with van der Waals surface area (Å²) in [6, 6.07) is -1.14. The van der Waals surface area contributed by atoms with Gasteiger partial charge in [0.05, 0.1) is 12.2 Å². The average molecular weight is 393 g/mol. The fourth-order valence-electron chi connectivity index (χ4n) is 4.58. The zero-order chi connectivity index (χ0) is 20.0. The van der Waals surface area contributed by atoms with Crippen molar-refractivity contribution in [3.8, 4) is 0 Å². The van der Waals surface area contributed by atoms with Crippen LogP contribution in [0.4, 0.5) is 13.2 Å². The number of nitrogens with zero attached hydrogens (tertiary/aromatic N) is 2. The van der Waals surface area contributed by atoms with Crippen molar-refractivity contribution in [3.05, 3.63) is 0 Å². The van der Waals surface area contributed by atoms with Crippen molar-refractivity contribution in [3.63, 3.8) is 0 Å². The minimum Gasteiger partial charge on any atom is -0.376 e. The third-order valence-corrected chi connectivity index (χ3v) is 6.20. The van der Waals surface area contributed by atoms with E-state index in [2.05, 4.69) is 13.8 Å². The quantitative estimate of drug-likeness (QED) is 0.535. The summed E-state index contributed by atoms with van der Waals surface area (Å²) in [6.45, 7) is 10.1. The Hall–Kier alpha value is -0.330. The first-order valence-electron chi connectivity index (χ1n) is 10.9. The molecule has 0 bridgehead atoms. The normalized spacial score (nSPS) is 29.0. The van der Waals surface area contributed by atoms with Gasteiger partial charge in [-0.3, -0.25) is 9.80 Å². The lowest BCUT2D eigenvalue weighted by Crippen LogP contribution is -2.60. The summed E-state index contributed by atoms with van der Waals surface area (Å²) in [6.07, 6.45) is 4.30. The third kappa shape index (κ3) is 7.54. The van der Waals surface area contributed by atoms with Crippen LogP contribution >= 0.6 is 0 Å². The molecule has 1 aliphatic heterocycles. The molecule has 0 amide bonds. The number of rotatable bonds is 8. The Labute approximate surface area is 163 Å². The van der Waals surface area contributed by atoms with Crippen LogP contribution in [-0.4, -0.2) is 66.4 Å². The van der Waals surface area contributed by atoms with Crippen molar-refractivity contribution >= 4 is 0 Å². The van der Waals surface area contributed by atoms with E-state index in [4.69, 9.17) is 4.74 Å². The summed E-state index contributed by atoms with van der Waals surface area (Å²) in [5.74, 6) is 0.730. The molecule has 6 heteroatoms. The molecule has 1 aliphatic carbocycles. The van der Waals surface area contributed by atoms with Crippen molar-refractivity contribution in [1.29, 1.82) is 0 Å². The van der Waals surface area contributed by atoms with Gasteiger partial charge in [-0.15, -0.1) is 0 Å². The molecule has 0 radical (unpaired) electrons. The molecule has 3 nitrogen and oxygen atoms in total. The van der Waals surface area contributed by atoms with Crippen LogP contribution in [0.2, 0.25) is 0 Å². The molecule has 1 atom stereocenters. The van der Waals surface area contributed by atoms with Crippen LogP contribution in [-0.2, 0) is 4.74 Å². The zero-order valence-corrected chi connectivity index (χ0v) is 17.6. The van der Waals surface area contributed by atoms with E-state index in [-0.39, 0.29) is 12.6 Å². The molecule has 1 heterocycles. The van der Waals surface area contributed by atoms with E-state index in [1.54, 1.807) is 4.90 Å². The Morgan fingerprint density at radius 2 is 1.63 bits per heavy atom. The van der Waals surface area contributed by atoms with Crippen LogP contribution < -0.4 is 0 Å². The lowest BCUT2D eigenvalue weighted by Gasteiger charge is -2.43. The number of piperazine rings is 1. The Morgan fingerprint density at radius 3 is 2.19 bits per heavy atom. The molecule has 2 fully saturated rings. The Kier molecular flexibility index (Phi) is 8.88. The lowest BCUT2D eigenvalue weighted by atomic mass is 9.84. The van der Waals surface area contributed by atoms with Crippen LogP contribution in [0.15, 0.2) is 0 Å². The fourth-order valence-corrected chi connectivity index (χ4v) is 4.58. The highest BCUT2D eigenvalue weighted by atomic mass is 19.4. The molecular formula is C21H39F3N2O. The van der Waals surface area contributed by atoms with Gasteiger partial charge in [-0.25, -0.2) is 0 Å². The van der Waals surface area contributed by atoms with Crippen molar-refractivity contribution in [2.45, 2.75) is 103 Å². The maximum absolute atomic E-state index is 13.5. The monoisotopic (exact) mass is 392 g/mol. The Morgan fingerprint density at radius 1 is 0.963 bits per heavy atom. The second-order valence-electron chi connectivity index (χ2n) is 9.01. The van der Waals surface area contributed by atoms with E-state index in [0.29, 0.717) is 25.3 Å². The first-order chi connectivity index (χ1) is 12.7. The predicted molar refractivity (Wildman–Crippen MR) is 104 cm³/mol. The number of hydrogen-bond acceptors (Lipinski definition) is 3. The van der Waals surface area contributed by atoms with Crippen molar-refractivity contribution in [2.24, 2.45) is 5.92 Å². The van der Waals surface area contributed by atoms with Gasteiger partial charge in [0, 0.05) is 25.7 Å². The first-order valence-corrected chi connectivity index (χ1v) is 10.9. The van der Waals surface area contributed by atoms with Crippen LogP contribution in [0.3, 0.4) is 0 Å². The van der Waals surface area contributed by atoms with Gasteiger partial charge in [-0.2, -0.15) is 13.2 Å². The van der Waals surface area contributed by atoms with E-state index in [1.807, 2.05) is 18.7 Å². The smallest absolute Gasteiger partial charge is 0.376 e. The van der Waals surface area contributed by atoms with Crippen LogP contribution in [0.5, 0.6) is 0 Å². The minimum atomic E-state index is -4.14. The van der Waals surface area contributed by atoms with Gasteiger partial charge < -0.3 is 4.74 Å². The lowest BCUT2D eigenvalue weighted by molar-refractivity contribution is -0.198. The number of ether oxygens (including phenoxy) is 1.